The maximum atomic E-state index is 12.3. The highest BCUT2D eigenvalue weighted by Gasteiger charge is 2.31. The summed E-state index contributed by atoms with van der Waals surface area (Å²) in [4.78, 5) is 14.0. The van der Waals surface area contributed by atoms with Crippen LogP contribution in [0, 0.1) is 5.92 Å². The van der Waals surface area contributed by atoms with Gasteiger partial charge >= 0.3 is 0 Å². The number of likely N-dealkylation sites (tertiary alicyclic amines) is 1. The molecule has 0 aromatic carbocycles. The Labute approximate surface area is 107 Å². The van der Waals surface area contributed by atoms with E-state index in [2.05, 4.69) is 5.16 Å². The third-order valence-electron chi connectivity index (χ3n) is 3.55. The average Bonchev–Trinajstić information content (AvgIpc) is 2.50. The molecule has 104 valence electrons. The summed E-state index contributed by atoms with van der Waals surface area (Å²) in [6.07, 6.45) is 2.52. The lowest BCUT2D eigenvalue weighted by molar-refractivity contribution is -0.133. The molecule has 0 aromatic rings. The van der Waals surface area contributed by atoms with Gasteiger partial charge in [0.25, 0.3) is 0 Å². The first kappa shape index (κ1) is 14.8. The van der Waals surface area contributed by atoms with E-state index in [1.807, 2.05) is 6.92 Å². The Morgan fingerprint density at radius 2 is 2.17 bits per heavy atom. The molecule has 6 heteroatoms. The summed E-state index contributed by atoms with van der Waals surface area (Å²) >= 11 is 0. The van der Waals surface area contributed by atoms with Crippen molar-refractivity contribution < 1.29 is 15.1 Å². The first-order chi connectivity index (χ1) is 8.41. The Kier molecular flexibility index (Phi) is 4.95. The number of hydrogen-bond acceptors (Lipinski definition) is 4. The lowest BCUT2D eigenvalue weighted by Crippen LogP contribution is -2.42. The molecule has 0 radical (unpaired) electrons. The molecule has 0 saturated carbocycles. The zero-order valence-corrected chi connectivity index (χ0v) is 11.1. The smallest absolute Gasteiger partial charge is 0.233 e. The number of aliphatic hydroxyl groups is 1. The Hall–Kier alpha value is -1.30. The van der Waals surface area contributed by atoms with Crippen molar-refractivity contribution >= 4 is 11.7 Å². The molecule has 1 saturated heterocycles. The van der Waals surface area contributed by atoms with Gasteiger partial charge in [-0.15, -0.1) is 0 Å². The molecule has 18 heavy (non-hydrogen) atoms. The molecular formula is C12H23N3O3. The molecular weight excluding hydrogens is 234 g/mol. The maximum absolute atomic E-state index is 12.3. The maximum Gasteiger partial charge on any atom is 0.233 e. The van der Waals surface area contributed by atoms with Crippen LogP contribution in [0.3, 0.4) is 0 Å². The number of carbonyl (C=O) groups is 1. The van der Waals surface area contributed by atoms with E-state index in [1.165, 1.54) is 0 Å². The number of rotatable bonds is 3. The molecule has 6 nitrogen and oxygen atoms in total. The fraction of sp³-hybridized carbons (Fsp3) is 0.833. The lowest BCUT2D eigenvalue weighted by Gasteiger charge is -2.25. The monoisotopic (exact) mass is 257 g/mol. The van der Waals surface area contributed by atoms with Crippen LogP contribution in [0.1, 0.15) is 39.5 Å². The van der Waals surface area contributed by atoms with Gasteiger partial charge in [-0.2, -0.15) is 0 Å². The summed E-state index contributed by atoms with van der Waals surface area (Å²) < 4.78 is 0. The van der Waals surface area contributed by atoms with E-state index in [9.17, 15) is 9.90 Å². The first-order valence-electron chi connectivity index (χ1n) is 6.40. The second-order valence-electron chi connectivity index (χ2n) is 5.16. The highest BCUT2D eigenvalue weighted by molar-refractivity contribution is 6.02. The van der Waals surface area contributed by atoms with Crippen LogP contribution in [0.2, 0.25) is 0 Å². The number of hydrogen-bond donors (Lipinski definition) is 3. The minimum absolute atomic E-state index is 0.0430. The van der Waals surface area contributed by atoms with Crippen molar-refractivity contribution in [2.45, 2.75) is 45.1 Å². The van der Waals surface area contributed by atoms with Crippen molar-refractivity contribution in [1.29, 1.82) is 0 Å². The minimum Gasteiger partial charge on any atom is -0.409 e. The van der Waals surface area contributed by atoms with Crippen molar-refractivity contribution in [1.82, 2.24) is 4.90 Å². The molecule has 4 N–H and O–H groups in total. The van der Waals surface area contributed by atoms with Crippen LogP contribution in [0.5, 0.6) is 0 Å². The highest BCUT2D eigenvalue weighted by atomic mass is 16.4. The molecule has 0 aliphatic carbocycles. The standard InChI is InChI=1S/C12H23N3O3/c1-3-9(10(13)14-18)11(16)15-7-4-5-12(2,17)6-8-15/h9,17-18H,3-8H2,1-2H3,(H2,13,14). The molecule has 1 amide bonds. The number of nitrogens with zero attached hydrogens (tertiary/aromatic N) is 2. The molecule has 2 unspecified atom stereocenters. The van der Waals surface area contributed by atoms with Gasteiger partial charge in [-0.05, 0) is 32.6 Å². The number of oxime groups is 1. The van der Waals surface area contributed by atoms with Crippen LogP contribution in [0.15, 0.2) is 5.16 Å². The van der Waals surface area contributed by atoms with Gasteiger partial charge in [-0.3, -0.25) is 4.79 Å². The Morgan fingerprint density at radius 1 is 1.50 bits per heavy atom. The van der Waals surface area contributed by atoms with Gasteiger partial charge in [-0.1, -0.05) is 12.1 Å². The summed E-state index contributed by atoms with van der Waals surface area (Å²) in [6.45, 7) is 4.75. The van der Waals surface area contributed by atoms with Crippen LogP contribution in [-0.2, 0) is 4.79 Å². The second-order valence-corrected chi connectivity index (χ2v) is 5.16. The van der Waals surface area contributed by atoms with Crippen LogP contribution in [0.4, 0.5) is 0 Å². The van der Waals surface area contributed by atoms with Crippen molar-refractivity contribution in [3.05, 3.63) is 0 Å². The van der Waals surface area contributed by atoms with Gasteiger partial charge in [0.2, 0.25) is 5.91 Å². The molecule has 0 aromatic heterocycles. The Morgan fingerprint density at radius 3 is 2.72 bits per heavy atom. The van der Waals surface area contributed by atoms with Crippen LogP contribution < -0.4 is 5.73 Å². The molecule has 2 atom stereocenters. The average molecular weight is 257 g/mol. The number of amidine groups is 1. The molecule has 1 heterocycles. The van der Waals surface area contributed by atoms with E-state index in [1.54, 1.807) is 11.8 Å². The largest absolute Gasteiger partial charge is 0.409 e. The third kappa shape index (κ3) is 3.60. The van der Waals surface area contributed by atoms with E-state index in [0.29, 0.717) is 32.4 Å². The summed E-state index contributed by atoms with van der Waals surface area (Å²) in [7, 11) is 0. The van der Waals surface area contributed by atoms with Crippen LogP contribution in [-0.4, -0.2) is 45.6 Å². The summed E-state index contributed by atoms with van der Waals surface area (Å²) in [5.74, 6) is -0.734. The summed E-state index contributed by atoms with van der Waals surface area (Å²) in [6, 6.07) is 0. The van der Waals surface area contributed by atoms with Gasteiger partial charge in [0.15, 0.2) is 5.84 Å². The number of carbonyl (C=O) groups excluding carboxylic acids is 1. The zero-order chi connectivity index (χ0) is 13.8. The summed E-state index contributed by atoms with van der Waals surface area (Å²) in [5, 5.41) is 21.6. The fourth-order valence-electron chi connectivity index (χ4n) is 2.28. The van der Waals surface area contributed by atoms with Crippen molar-refractivity contribution in [3.63, 3.8) is 0 Å². The predicted molar refractivity (Wildman–Crippen MR) is 68.2 cm³/mol. The molecule has 0 bridgehead atoms. The lowest BCUT2D eigenvalue weighted by atomic mass is 9.98. The number of nitrogens with two attached hydrogens (primary N) is 1. The van der Waals surface area contributed by atoms with Gasteiger partial charge in [0.1, 0.15) is 0 Å². The molecule has 1 aliphatic rings. The van der Waals surface area contributed by atoms with E-state index < -0.39 is 11.5 Å². The fourth-order valence-corrected chi connectivity index (χ4v) is 2.28. The van der Waals surface area contributed by atoms with Crippen LogP contribution in [0.25, 0.3) is 0 Å². The molecule has 0 spiro atoms. The molecule has 1 rings (SSSR count). The topological polar surface area (TPSA) is 99.2 Å². The van der Waals surface area contributed by atoms with Gasteiger partial charge in [0, 0.05) is 13.1 Å². The Balaban J connectivity index is 2.71. The van der Waals surface area contributed by atoms with E-state index in [0.717, 1.165) is 6.42 Å². The predicted octanol–water partition coefficient (Wildman–Crippen LogP) is 0.523. The van der Waals surface area contributed by atoms with Crippen molar-refractivity contribution in [2.24, 2.45) is 16.8 Å². The van der Waals surface area contributed by atoms with Crippen LogP contribution >= 0.6 is 0 Å². The van der Waals surface area contributed by atoms with E-state index >= 15 is 0 Å². The first-order valence-corrected chi connectivity index (χ1v) is 6.40. The molecule has 1 aliphatic heterocycles. The van der Waals surface area contributed by atoms with Gasteiger partial charge in [0.05, 0.1) is 11.5 Å². The normalized spacial score (nSPS) is 27.7. The van der Waals surface area contributed by atoms with E-state index in [-0.39, 0.29) is 11.7 Å². The van der Waals surface area contributed by atoms with Crippen molar-refractivity contribution in [3.8, 4) is 0 Å². The number of amides is 1. The van der Waals surface area contributed by atoms with Gasteiger partial charge in [-0.25, -0.2) is 0 Å². The summed E-state index contributed by atoms with van der Waals surface area (Å²) in [5.41, 5.74) is 4.83. The van der Waals surface area contributed by atoms with E-state index in [4.69, 9.17) is 10.9 Å². The second kappa shape index (κ2) is 6.04. The highest BCUT2D eigenvalue weighted by Crippen LogP contribution is 2.22. The van der Waals surface area contributed by atoms with Gasteiger partial charge < -0.3 is 20.9 Å². The SMILES string of the molecule is CCC(C(=O)N1CCCC(C)(O)CC1)C(N)=NO. The third-order valence-corrected chi connectivity index (χ3v) is 3.55. The quantitative estimate of drug-likeness (QED) is 0.297. The minimum atomic E-state index is -0.701. The zero-order valence-electron chi connectivity index (χ0n) is 11.1. The Bertz CT molecular complexity index is 329. The van der Waals surface area contributed by atoms with Crippen molar-refractivity contribution in [2.75, 3.05) is 13.1 Å². The molecule has 1 fully saturated rings.